The Morgan fingerprint density at radius 3 is 2.44 bits per heavy atom. The molecule has 0 fully saturated rings. The van der Waals surface area contributed by atoms with E-state index in [4.69, 9.17) is 4.74 Å². The first-order valence-corrected chi connectivity index (χ1v) is 8.71. The quantitative estimate of drug-likeness (QED) is 0.620. The molecule has 12 heteroatoms. The molecule has 1 atom stereocenters. The number of H-pyrrole nitrogens is 1. The van der Waals surface area contributed by atoms with Crippen molar-refractivity contribution in [3.63, 3.8) is 0 Å². The summed E-state index contributed by atoms with van der Waals surface area (Å²) in [6.07, 6.45) is -0.524. The standard InChI is InChI=1S/C13H18F3N3O5S/c1-7-9-8(5-6-19(7)11(20)23-12(2,3)4)10(18-17-9)24-25(21,22)13(14,15)16/h7H,5-6H2,1-4H3,(H,17,18)/t7-/m0/s1. The van der Waals surface area contributed by atoms with Gasteiger partial charge in [-0.3, -0.25) is 10.00 Å². The maximum absolute atomic E-state index is 12.4. The van der Waals surface area contributed by atoms with E-state index in [9.17, 15) is 26.4 Å². The molecular weight excluding hydrogens is 367 g/mol. The molecule has 1 aromatic rings. The number of alkyl halides is 3. The van der Waals surface area contributed by atoms with E-state index in [-0.39, 0.29) is 18.5 Å². The second kappa shape index (κ2) is 6.07. The third-order valence-corrected chi connectivity index (χ3v) is 4.39. The van der Waals surface area contributed by atoms with Crippen LogP contribution in [-0.2, 0) is 21.3 Å². The summed E-state index contributed by atoms with van der Waals surface area (Å²) in [7, 11) is -5.81. The third kappa shape index (κ3) is 3.99. The van der Waals surface area contributed by atoms with E-state index in [1.165, 1.54) is 4.90 Å². The van der Waals surface area contributed by atoms with Crippen LogP contribution in [0.1, 0.15) is 45.0 Å². The number of carbonyl (C=O) groups is 1. The molecule has 1 N–H and O–H groups in total. The molecule has 0 bridgehead atoms. The number of nitrogens with zero attached hydrogens (tertiary/aromatic N) is 2. The van der Waals surface area contributed by atoms with Crippen LogP contribution in [0.4, 0.5) is 18.0 Å². The molecule has 1 aliphatic rings. The average molecular weight is 385 g/mol. The Balaban J connectivity index is 2.24. The second-order valence-corrected chi connectivity index (χ2v) is 8.04. The van der Waals surface area contributed by atoms with Crippen LogP contribution >= 0.6 is 0 Å². The predicted molar refractivity (Wildman–Crippen MR) is 79.2 cm³/mol. The van der Waals surface area contributed by atoms with Gasteiger partial charge in [0.1, 0.15) is 5.60 Å². The van der Waals surface area contributed by atoms with Crippen molar-refractivity contribution in [3.8, 4) is 5.88 Å². The summed E-state index contributed by atoms with van der Waals surface area (Å²) in [4.78, 5) is 13.6. The summed E-state index contributed by atoms with van der Waals surface area (Å²) < 4.78 is 68.9. The van der Waals surface area contributed by atoms with Crippen molar-refractivity contribution in [2.45, 2.75) is 51.3 Å². The highest BCUT2D eigenvalue weighted by atomic mass is 32.2. The zero-order chi connectivity index (χ0) is 19.2. The van der Waals surface area contributed by atoms with E-state index in [0.717, 1.165) is 0 Å². The average Bonchev–Trinajstić information content (AvgIpc) is 2.79. The number of hydrogen-bond acceptors (Lipinski definition) is 6. The summed E-state index contributed by atoms with van der Waals surface area (Å²) in [5.41, 5.74) is -5.79. The number of nitrogens with one attached hydrogen (secondary N) is 1. The minimum absolute atomic E-state index is 0.0676. The first-order valence-electron chi connectivity index (χ1n) is 7.30. The van der Waals surface area contributed by atoms with Gasteiger partial charge in [0.15, 0.2) is 0 Å². The van der Waals surface area contributed by atoms with Crippen LogP contribution in [0.15, 0.2) is 0 Å². The number of aromatic nitrogens is 2. The highest BCUT2D eigenvalue weighted by Crippen LogP contribution is 2.36. The highest BCUT2D eigenvalue weighted by molar-refractivity contribution is 7.87. The van der Waals surface area contributed by atoms with Crippen LogP contribution in [0, 0.1) is 0 Å². The van der Waals surface area contributed by atoms with Crippen LogP contribution < -0.4 is 4.18 Å². The molecule has 0 saturated carbocycles. The number of fused-ring (bicyclic) bond motifs is 1. The summed E-state index contributed by atoms with van der Waals surface area (Å²) in [6.45, 7) is 6.84. The van der Waals surface area contributed by atoms with Crippen molar-refractivity contribution in [2.24, 2.45) is 0 Å². The van der Waals surface area contributed by atoms with Crippen molar-refractivity contribution < 1.29 is 35.3 Å². The molecule has 142 valence electrons. The van der Waals surface area contributed by atoms with Crippen molar-refractivity contribution in [1.29, 1.82) is 0 Å². The van der Waals surface area contributed by atoms with Gasteiger partial charge in [0, 0.05) is 12.1 Å². The van der Waals surface area contributed by atoms with Crippen molar-refractivity contribution in [3.05, 3.63) is 11.3 Å². The van der Waals surface area contributed by atoms with Crippen molar-refractivity contribution in [2.75, 3.05) is 6.54 Å². The van der Waals surface area contributed by atoms with Gasteiger partial charge in [-0.2, -0.15) is 21.6 Å². The molecule has 25 heavy (non-hydrogen) atoms. The summed E-state index contributed by atoms with van der Waals surface area (Å²) >= 11 is 0. The van der Waals surface area contributed by atoms with Crippen LogP contribution in [0.25, 0.3) is 0 Å². The number of halogens is 3. The van der Waals surface area contributed by atoms with Gasteiger partial charge in [0.2, 0.25) is 0 Å². The van der Waals surface area contributed by atoms with Gasteiger partial charge in [-0.05, 0) is 34.1 Å². The Morgan fingerprint density at radius 2 is 1.92 bits per heavy atom. The lowest BCUT2D eigenvalue weighted by atomic mass is 10.0. The van der Waals surface area contributed by atoms with Crippen LogP contribution in [0.3, 0.4) is 0 Å². The van der Waals surface area contributed by atoms with E-state index < -0.39 is 39.2 Å². The first kappa shape index (κ1) is 19.3. The Kier molecular flexibility index (Phi) is 4.70. The van der Waals surface area contributed by atoms with Gasteiger partial charge in [-0.15, -0.1) is 5.10 Å². The lowest BCUT2D eigenvalue weighted by Gasteiger charge is -2.34. The molecule has 0 aliphatic carbocycles. The predicted octanol–water partition coefficient (Wildman–Crippen LogP) is 2.49. The molecule has 8 nitrogen and oxygen atoms in total. The number of ether oxygens (including phenoxy) is 1. The third-order valence-electron chi connectivity index (χ3n) is 3.45. The Hall–Kier alpha value is -1.98. The number of hydrogen-bond donors (Lipinski definition) is 1. The summed E-state index contributed by atoms with van der Waals surface area (Å²) in [6, 6.07) is -0.600. The van der Waals surface area contributed by atoms with Gasteiger partial charge in [0.25, 0.3) is 5.88 Å². The summed E-state index contributed by atoms with van der Waals surface area (Å²) in [5, 5.41) is 5.95. The van der Waals surface area contributed by atoms with Crippen LogP contribution in [0.2, 0.25) is 0 Å². The molecule has 0 unspecified atom stereocenters. The number of carbonyl (C=O) groups excluding carboxylic acids is 1. The minimum Gasteiger partial charge on any atom is -0.444 e. The Labute approximate surface area is 142 Å². The van der Waals surface area contributed by atoms with Crippen molar-refractivity contribution >= 4 is 16.2 Å². The maximum atomic E-state index is 12.4. The number of aromatic amines is 1. The van der Waals surface area contributed by atoms with E-state index >= 15 is 0 Å². The zero-order valence-electron chi connectivity index (χ0n) is 14.0. The molecule has 0 spiro atoms. The molecule has 0 aromatic carbocycles. The van der Waals surface area contributed by atoms with E-state index in [1.807, 2.05) is 0 Å². The minimum atomic E-state index is -5.81. The maximum Gasteiger partial charge on any atom is 0.534 e. The highest BCUT2D eigenvalue weighted by Gasteiger charge is 2.49. The van der Waals surface area contributed by atoms with E-state index in [0.29, 0.717) is 5.69 Å². The second-order valence-electron chi connectivity index (χ2n) is 6.50. The molecule has 0 radical (unpaired) electrons. The van der Waals surface area contributed by atoms with Crippen LogP contribution in [0.5, 0.6) is 5.88 Å². The fourth-order valence-electron chi connectivity index (χ4n) is 2.32. The molecule has 1 aliphatic heterocycles. The van der Waals surface area contributed by atoms with Gasteiger partial charge in [0.05, 0.1) is 11.7 Å². The van der Waals surface area contributed by atoms with E-state index in [1.54, 1.807) is 27.7 Å². The number of amides is 1. The molecule has 1 aromatic heterocycles. The molecule has 0 saturated heterocycles. The monoisotopic (exact) mass is 385 g/mol. The molecule has 2 heterocycles. The smallest absolute Gasteiger partial charge is 0.444 e. The SMILES string of the molecule is C[C@H]1c2[nH]nc(OS(=O)(=O)C(F)(F)F)c2CCN1C(=O)OC(C)(C)C. The zero-order valence-corrected chi connectivity index (χ0v) is 14.8. The molecular formula is C13H18F3N3O5S. The first-order chi connectivity index (χ1) is 11.2. The topological polar surface area (TPSA) is 102 Å². The Morgan fingerprint density at radius 1 is 1.32 bits per heavy atom. The van der Waals surface area contributed by atoms with Gasteiger partial charge in [-0.25, -0.2) is 4.79 Å². The van der Waals surface area contributed by atoms with Gasteiger partial charge in [-0.1, -0.05) is 0 Å². The lowest BCUT2D eigenvalue weighted by molar-refractivity contribution is -0.0501. The number of rotatable bonds is 2. The largest absolute Gasteiger partial charge is 0.534 e. The van der Waals surface area contributed by atoms with Crippen molar-refractivity contribution in [1.82, 2.24) is 15.1 Å². The summed E-state index contributed by atoms with van der Waals surface area (Å²) in [5.74, 6) is -0.664. The molecule has 1 amide bonds. The van der Waals surface area contributed by atoms with Gasteiger partial charge < -0.3 is 8.92 Å². The van der Waals surface area contributed by atoms with Gasteiger partial charge >= 0.3 is 21.7 Å². The fraction of sp³-hybridized carbons (Fsp3) is 0.692. The lowest BCUT2D eigenvalue weighted by Crippen LogP contribution is -2.42. The Bertz CT molecular complexity index is 767. The van der Waals surface area contributed by atoms with Crippen LogP contribution in [-0.4, -0.2) is 47.3 Å². The van der Waals surface area contributed by atoms with E-state index in [2.05, 4.69) is 14.4 Å². The molecule has 2 rings (SSSR count). The normalized spacial score (nSPS) is 18.7. The fourth-order valence-corrected chi connectivity index (χ4v) is 2.76.